The summed E-state index contributed by atoms with van der Waals surface area (Å²) in [6, 6.07) is 0. The molecule has 1 saturated heterocycles. The number of aryl methyl sites for hydroxylation is 1. The van der Waals surface area contributed by atoms with Crippen molar-refractivity contribution >= 4 is 11.3 Å². The molecule has 0 radical (unpaired) electrons. The molecular formula is C12H19NOS. The molecule has 0 spiro atoms. The van der Waals surface area contributed by atoms with Crippen LogP contribution in [0.15, 0.2) is 5.38 Å². The summed E-state index contributed by atoms with van der Waals surface area (Å²) in [5, 5.41) is 3.39. The Morgan fingerprint density at radius 3 is 3.07 bits per heavy atom. The van der Waals surface area contributed by atoms with Crippen LogP contribution in [0.1, 0.15) is 49.7 Å². The van der Waals surface area contributed by atoms with Crippen molar-refractivity contribution in [2.24, 2.45) is 0 Å². The molecule has 1 aliphatic rings. The SMILES string of the molecule is CCC1(C)CC(c2csc(C)n2)CCO1. The minimum absolute atomic E-state index is 0.0699. The molecule has 2 unspecified atom stereocenters. The van der Waals surface area contributed by atoms with Crippen LogP contribution >= 0.6 is 11.3 Å². The Morgan fingerprint density at radius 2 is 2.47 bits per heavy atom. The third-order valence-electron chi connectivity index (χ3n) is 3.40. The summed E-state index contributed by atoms with van der Waals surface area (Å²) in [5.74, 6) is 0.605. The molecule has 1 aromatic heterocycles. The Bertz CT molecular complexity index is 336. The van der Waals surface area contributed by atoms with Crippen molar-refractivity contribution < 1.29 is 4.74 Å². The molecule has 2 rings (SSSR count). The van der Waals surface area contributed by atoms with Crippen LogP contribution in [0.2, 0.25) is 0 Å². The summed E-state index contributed by atoms with van der Waals surface area (Å²) in [6.45, 7) is 7.38. The monoisotopic (exact) mass is 225 g/mol. The van der Waals surface area contributed by atoms with Gasteiger partial charge < -0.3 is 4.74 Å². The van der Waals surface area contributed by atoms with Gasteiger partial charge >= 0.3 is 0 Å². The summed E-state index contributed by atoms with van der Waals surface area (Å²) in [4.78, 5) is 4.60. The van der Waals surface area contributed by atoms with Crippen LogP contribution in [0.25, 0.3) is 0 Å². The maximum absolute atomic E-state index is 5.85. The molecule has 1 aromatic rings. The number of hydrogen-bond acceptors (Lipinski definition) is 3. The minimum Gasteiger partial charge on any atom is -0.375 e. The van der Waals surface area contributed by atoms with Crippen LogP contribution in [0.4, 0.5) is 0 Å². The van der Waals surface area contributed by atoms with E-state index in [1.54, 1.807) is 11.3 Å². The van der Waals surface area contributed by atoms with Gasteiger partial charge in [0.25, 0.3) is 0 Å². The van der Waals surface area contributed by atoms with E-state index in [4.69, 9.17) is 4.74 Å². The molecule has 1 fully saturated rings. The van der Waals surface area contributed by atoms with Crippen LogP contribution in [0.3, 0.4) is 0 Å². The Morgan fingerprint density at radius 1 is 1.67 bits per heavy atom. The molecule has 84 valence electrons. The van der Waals surface area contributed by atoms with Gasteiger partial charge in [-0.3, -0.25) is 0 Å². The lowest BCUT2D eigenvalue weighted by atomic mass is 9.84. The summed E-state index contributed by atoms with van der Waals surface area (Å²) < 4.78 is 5.85. The summed E-state index contributed by atoms with van der Waals surface area (Å²) >= 11 is 1.75. The minimum atomic E-state index is 0.0699. The fourth-order valence-corrected chi connectivity index (χ4v) is 2.89. The molecule has 2 heterocycles. The van der Waals surface area contributed by atoms with Gasteiger partial charge in [0.15, 0.2) is 0 Å². The van der Waals surface area contributed by atoms with E-state index in [2.05, 4.69) is 31.1 Å². The maximum Gasteiger partial charge on any atom is 0.0897 e. The van der Waals surface area contributed by atoms with Crippen molar-refractivity contribution in [3.63, 3.8) is 0 Å². The first-order valence-corrected chi connectivity index (χ1v) is 6.57. The summed E-state index contributed by atoms with van der Waals surface area (Å²) in [6.07, 6.45) is 3.33. The van der Waals surface area contributed by atoms with Gasteiger partial charge in [0, 0.05) is 17.9 Å². The van der Waals surface area contributed by atoms with E-state index in [0.29, 0.717) is 5.92 Å². The molecule has 15 heavy (non-hydrogen) atoms. The molecule has 0 N–H and O–H groups in total. The molecule has 0 aliphatic carbocycles. The second-order valence-corrected chi connectivity index (χ2v) is 5.70. The maximum atomic E-state index is 5.85. The van der Waals surface area contributed by atoms with E-state index in [1.807, 2.05) is 0 Å². The first-order valence-electron chi connectivity index (χ1n) is 5.69. The molecule has 0 amide bonds. The summed E-state index contributed by atoms with van der Waals surface area (Å²) in [7, 11) is 0. The van der Waals surface area contributed by atoms with Gasteiger partial charge in [-0.25, -0.2) is 4.98 Å². The van der Waals surface area contributed by atoms with Gasteiger partial charge in [-0.05, 0) is 33.1 Å². The van der Waals surface area contributed by atoms with Gasteiger partial charge in [-0.15, -0.1) is 11.3 Å². The first kappa shape index (κ1) is 11.1. The van der Waals surface area contributed by atoms with Crippen molar-refractivity contribution in [1.29, 1.82) is 0 Å². The third kappa shape index (κ3) is 2.40. The highest BCUT2D eigenvalue weighted by molar-refractivity contribution is 7.09. The normalized spacial score (nSPS) is 31.8. The molecule has 2 atom stereocenters. The van der Waals surface area contributed by atoms with Crippen molar-refractivity contribution in [2.45, 2.75) is 51.6 Å². The van der Waals surface area contributed by atoms with Gasteiger partial charge in [0.1, 0.15) is 0 Å². The molecule has 3 heteroatoms. The lowest BCUT2D eigenvalue weighted by molar-refractivity contribution is -0.0750. The summed E-state index contributed by atoms with van der Waals surface area (Å²) in [5.41, 5.74) is 1.35. The number of thiazole rings is 1. The van der Waals surface area contributed by atoms with Crippen LogP contribution in [0, 0.1) is 6.92 Å². The topological polar surface area (TPSA) is 22.1 Å². The van der Waals surface area contributed by atoms with Gasteiger partial charge in [0.2, 0.25) is 0 Å². The van der Waals surface area contributed by atoms with Gasteiger partial charge in [-0.1, -0.05) is 6.92 Å². The fraction of sp³-hybridized carbons (Fsp3) is 0.750. The number of aromatic nitrogens is 1. The van der Waals surface area contributed by atoms with Gasteiger partial charge in [0.05, 0.1) is 16.3 Å². The fourth-order valence-electron chi connectivity index (χ4n) is 2.20. The Hall–Kier alpha value is -0.410. The van der Waals surface area contributed by atoms with Crippen molar-refractivity contribution in [3.8, 4) is 0 Å². The van der Waals surface area contributed by atoms with Crippen LogP contribution in [-0.2, 0) is 4.74 Å². The number of rotatable bonds is 2. The molecular weight excluding hydrogens is 206 g/mol. The number of nitrogens with zero attached hydrogens (tertiary/aromatic N) is 1. The van der Waals surface area contributed by atoms with Crippen molar-refractivity contribution in [1.82, 2.24) is 4.98 Å². The van der Waals surface area contributed by atoms with Crippen LogP contribution in [0.5, 0.6) is 0 Å². The quantitative estimate of drug-likeness (QED) is 0.768. The second-order valence-electron chi connectivity index (χ2n) is 4.63. The number of hydrogen-bond donors (Lipinski definition) is 0. The number of ether oxygens (including phenoxy) is 1. The first-order chi connectivity index (χ1) is 7.13. The standard InChI is InChI=1S/C12H19NOS/c1-4-12(3)7-10(5-6-14-12)11-8-15-9(2)13-11/h8,10H,4-7H2,1-3H3. The lowest BCUT2D eigenvalue weighted by Crippen LogP contribution is -2.35. The zero-order valence-electron chi connectivity index (χ0n) is 9.75. The van der Waals surface area contributed by atoms with E-state index in [1.165, 1.54) is 10.7 Å². The largest absolute Gasteiger partial charge is 0.375 e. The Balaban J connectivity index is 2.11. The second kappa shape index (κ2) is 4.22. The highest BCUT2D eigenvalue weighted by Crippen LogP contribution is 2.37. The van der Waals surface area contributed by atoms with Crippen molar-refractivity contribution in [3.05, 3.63) is 16.1 Å². The predicted molar refractivity (Wildman–Crippen MR) is 63.5 cm³/mol. The molecule has 2 nitrogen and oxygen atoms in total. The molecule has 0 saturated carbocycles. The van der Waals surface area contributed by atoms with Crippen molar-refractivity contribution in [2.75, 3.05) is 6.61 Å². The highest BCUT2D eigenvalue weighted by Gasteiger charge is 2.33. The van der Waals surface area contributed by atoms with Crippen LogP contribution < -0.4 is 0 Å². The Labute approximate surface area is 95.7 Å². The van der Waals surface area contributed by atoms with Crippen LogP contribution in [-0.4, -0.2) is 17.2 Å². The zero-order valence-corrected chi connectivity index (χ0v) is 10.6. The van der Waals surface area contributed by atoms with E-state index >= 15 is 0 Å². The van der Waals surface area contributed by atoms with Gasteiger partial charge in [-0.2, -0.15) is 0 Å². The smallest absolute Gasteiger partial charge is 0.0897 e. The predicted octanol–water partition coefficient (Wildman–Crippen LogP) is 3.51. The lowest BCUT2D eigenvalue weighted by Gasteiger charge is -2.37. The zero-order chi connectivity index (χ0) is 10.9. The average Bonchev–Trinajstić information content (AvgIpc) is 2.65. The molecule has 1 aliphatic heterocycles. The van der Waals surface area contributed by atoms with E-state index < -0.39 is 0 Å². The van der Waals surface area contributed by atoms with E-state index in [-0.39, 0.29) is 5.60 Å². The molecule has 0 aromatic carbocycles. The van der Waals surface area contributed by atoms with E-state index in [9.17, 15) is 0 Å². The Kier molecular flexibility index (Phi) is 3.12. The molecule has 0 bridgehead atoms. The van der Waals surface area contributed by atoms with E-state index in [0.717, 1.165) is 25.9 Å². The average molecular weight is 225 g/mol. The third-order valence-corrected chi connectivity index (χ3v) is 4.19. The highest BCUT2D eigenvalue weighted by atomic mass is 32.1.